The maximum absolute atomic E-state index is 13.1. The summed E-state index contributed by atoms with van der Waals surface area (Å²) in [6, 6.07) is 6.16. The molecule has 0 saturated carbocycles. The highest BCUT2D eigenvalue weighted by Gasteiger charge is 2.31. The molecule has 1 amide bonds. The van der Waals surface area contributed by atoms with Gasteiger partial charge < -0.3 is 10.3 Å². The largest absolute Gasteiger partial charge is 0.416 e. The van der Waals surface area contributed by atoms with Crippen LogP contribution in [0.25, 0.3) is 21.9 Å². The minimum atomic E-state index is -4.54. The first-order chi connectivity index (χ1) is 14.6. The Morgan fingerprint density at radius 2 is 1.97 bits per heavy atom. The fraction of sp³-hybridized carbons (Fsp3) is 0.250. The summed E-state index contributed by atoms with van der Waals surface area (Å²) in [5.74, 6) is -0.583. The number of nitrogens with one attached hydrogen (secondary N) is 2. The minimum absolute atomic E-state index is 0.0653. The van der Waals surface area contributed by atoms with Gasteiger partial charge in [-0.1, -0.05) is 13.8 Å². The molecule has 3 aromatic heterocycles. The molecule has 0 fully saturated rings. The lowest BCUT2D eigenvalue weighted by molar-refractivity contribution is -0.137. The van der Waals surface area contributed by atoms with Crippen LogP contribution in [0.3, 0.4) is 0 Å². The van der Waals surface area contributed by atoms with E-state index in [1.807, 2.05) is 0 Å². The summed E-state index contributed by atoms with van der Waals surface area (Å²) < 4.78 is 40.3. The van der Waals surface area contributed by atoms with Crippen LogP contribution in [-0.4, -0.2) is 30.6 Å². The number of pyridine rings is 1. The molecule has 0 bridgehead atoms. The number of alkyl halides is 3. The van der Waals surface area contributed by atoms with E-state index in [2.05, 4.69) is 25.4 Å². The van der Waals surface area contributed by atoms with E-state index < -0.39 is 29.8 Å². The van der Waals surface area contributed by atoms with Gasteiger partial charge in [0.25, 0.3) is 5.56 Å². The number of aromatic nitrogens is 5. The van der Waals surface area contributed by atoms with Crippen molar-refractivity contribution in [2.45, 2.75) is 32.5 Å². The highest BCUT2D eigenvalue weighted by atomic mass is 19.4. The third kappa shape index (κ3) is 3.98. The third-order valence-corrected chi connectivity index (χ3v) is 4.71. The molecule has 0 aliphatic heterocycles. The van der Waals surface area contributed by atoms with Crippen LogP contribution in [0.2, 0.25) is 0 Å². The Hall–Kier alpha value is -3.76. The second-order valence-electron chi connectivity index (χ2n) is 7.28. The van der Waals surface area contributed by atoms with Crippen LogP contribution in [0.15, 0.2) is 41.5 Å². The fourth-order valence-electron chi connectivity index (χ4n) is 3.23. The second-order valence-corrected chi connectivity index (χ2v) is 7.28. The number of imidazole rings is 1. The standard InChI is InChI=1S/C20H17F3N6O2/c1-10(2)17-13-7-11(20(21,22)23)3-4-12(13)19(31)29(28-17)8-16(30)26-15-6-5-14-18(27-15)25-9-24-14/h3-7,9-10H,8H2,1-2H3,(H2,24,25,26,27,30). The van der Waals surface area contributed by atoms with Crippen molar-refractivity contribution in [3.63, 3.8) is 0 Å². The smallest absolute Gasteiger partial charge is 0.343 e. The molecule has 160 valence electrons. The molecular weight excluding hydrogens is 413 g/mol. The van der Waals surface area contributed by atoms with Crippen molar-refractivity contribution in [3.05, 3.63) is 58.3 Å². The summed E-state index contributed by atoms with van der Waals surface area (Å²) in [5, 5.41) is 6.95. The monoisotopic (exact) mass is 430 g/mol. The predicted molar refractivity (Wildman–Crippen MR) is 108 cm³/mol. The number of hydrogen-bond acceptors (Lipinski definition) is 5. The molecule has 0 unspecified atom stereocenters. The number of amides is 1. The number of nitrogens with zero attached hydrogens (tertiary/aromatic N) is 4. The normalized spacial score (nSPS) is 12.1. The van der Waals surface area contributed by atoms with E-state index >= 15 is 0 Å². The third-order valence-electron chi connectivity index (χ3n) is 4.71. The van der Waals surface area contributed by atoms with Crippen molar-refractivity contribution in [3.8, 4) is 0 Å². The Labute approximate surface area is 173 Å². The number of hydrogen-bond donors (Lipinski definition) is 2. The summed E-state index contributed by atoms with van der Waals surface area (Å²) in [5.41, 5.74) is -0.103. The molecule has 2 N–H and O–H groups in total. The molecule has 1 aromatic carbocycles. The molecule has 0 radical (unpaired) electrons. The molecule has 0 saturated heterocycles. The summed E-state index contributed by atoms with van der Waals surface area (Å²) in [7, 11) is 0. The first-order valence-electron chi connectivity index (χ1n) is 9.35. The van der Waals surface area contributed by atoms with Crippen molar-refractivity contribution < 1.29 is 18.0 Å². The van der Waals surface area contributed by atoms with Gasteiger partial charge in [0.2, 0.25) is 5.91 Å². The number of rotatable bonds is 4. The van der Waals surface area contributed by atoms with Crippen molar-refractivity contribution >= 4 is 33.7 Å². The molecule has 0 aliphatic carbocycles. The second kappa shape index (κ2) is 7.49. The Balaban J connectivity index is 1.68. The highest BCUT2D eigenvalue weighted by molar-refractivity contribution is 5.91. The van der Waals surface area contributed by atoms with Crippen molar-refractivity contribution in [2.24, 2.45) is 0 Å². The number of halogens is 3. The highest BCUT2D eigenvalue weighted by Crippen LogP contribution is 2.32. The number of anilines is 1. The molecule has 4 aromatic rings. The molecule has 8 nitrogen and oxygen atoms in total. The zero-order chi connectivity index (χ0) is 22.3. The molecule has 0 spiro atoms. The molecule has 0 aliphatic rings. The van der Waals surface area contributed by atoms with Gasteiger partial charge in [-0.25, -0.2) is 14.6 Å². The molecule has 0 atom stereocenters. The van der Waals surface area contributed by atoms with Crippen molar-refractivity contribution in [1.82, 2.24) is 24.7 Å². The van der Waals surface area contributed by atoms with E-state index in [0.717, 1.165) is 22.9 Å². The number of benzene rings is 1. The average Bonchev–Trinajstić information content (AvgIpc) is 3.16. The van der Waals surface area contributed by atoms with Crippen LogP contribution >= 0.6 is 0 Å². The van der Waals surface area contributed by atoms with Crippen LogP contribution in [0.4, 0.5) is 19.0 Å². The molecule has 4 rings (SSSR count). The van der Waals surface area contributed by atoms with E-state index in [9.17, 15) is 22.8 Å². The Morgan fingerprint density at radius 1 is 1.19 bits per heavy atom. The maximum atomic E-state index is 13.1. The number of carbonyl (C=O) groups excluding carboxylic acids is 1. The van der Waals surface area contributed by atoms with E-state index in [0.29, 0.717) is 16.9 Å². The fourth-order valence-corrected chi connectivity index (χ4v) is 3.23. The van der Waals surface area contributed by atoms with Crippen LogP contribution < -0.4 is 10.9 Å². The average molecular weight is 430 g/mol. The molecular formula is C20H17F3N6O2. The van der Waals surface area contributed by atoms with Gasteiger partial charge in [0.05, 0.1) is 28.5 Å². The van der Waals surface area contributed by atoms with E-state index in [1.165, 1.54) is 6.33 Å². The van der Waals surface area contributed by atoms with Gasteiger partial charge in [-0.15, -0.1) is 0 Å². The SMILES string of the molecule is CC(C)c1nn(CC(=O)Nc2ccc3[nH]cnc3n2)c(=O)c2ccc(C(F)(F)F)cc12. The number of fused-ring (bicyclic) bond motifs is 2. The maximum Gasteiger partial charge on any atom is 0.416 e. The quantitative estimate of drug-likeness (QED) is 0.516. The first kappa shape index (κ1) is 20.5. The van der Waals surface area contributed by atoms with Gasteiger partial charge in [0.15, 0.2) is 5.65 Å². The molecule has 31 heavy (non-hydrogen) atoms. The van der Waals surface area contributed by atoms with Gasteiger partial charge >= 0.3 is 6.18 Å². The lowest BCUT2D eigenvalue weighted by atomic mass is 10.0. The lowest BCUT2D eigenvalue weighted by Gasteiger charge is -2.15. The Kier molecular flexibility index (Phi) is 4.96. The molecule has 11 heteroatoms. The Morgan fingerprint density at radius 3 is 2.68 bits per heavy atom. The topological polar surface area (TPSA) is 106 Å². The van der Waals surface area contributed by atoms with Gasteiger partial charge in [-0.3, -0.25) is 9.59 Å². The predicted octanol–water partition coefficient (Wildman–Crippen LogP) is 3.45. The van der Waals surface area contributed by atoms with Gasteiger partial charge in [-0.2, -0.15) is 18.3 Å². The summed E-state index contributed by atoms with van der Waals surface area (Å²) in [6.45, 7) is 3.08. The van der Waals surface area contributed by atoms with E-state index in [1.54, 1.807) is 26.0 Å². The van der Waals surface area contributed by atoms with Crippen LogP contribution in [0.5, 0.6) is 0 Å². The zero-order valence-corrected chi connectivity index (χ0v) is 16.5. The van der Waals surface area contributed by atoms with E-state index in [4.69, 9.17) is 0 Å². The van der Waals surface area contributed by atoms with Gasteiger partial charge in [0, 0.05) is 5.39 Å². The van der Waals surface area contributed by atoms with Crippen LogP contribution in [0, 0.1) is 0 Å². The summed E-state index contributed by atoms with van der Waals surface area (Å²) in [4.78, 5) is 36.4. The number of carbonyl (C=O) groups is 1. The lowest BCUT2D eigenvalue weighted by Crippen LogP contribution is -2.31. The number of aromatic amines is 1. The van der Waals surface area contributed by atoms with Crippen LogP contribution in [0.1, 0.15) is 31.0 Å². The van der Waals surface area contributed by atoms with Gasteiger partial charge in [-0.05, 0) is 36.2 Å². The van der Waals surface area contributed by atoms with Crippen LogP contribution in [-0.2, 0) is 17.5 Å². The van der Waals surface area contributed by atoms with Crippen molar-refractivity contribution in [1.29, 1.82) is 0 Å². The van der Waals surface area contributed by atoms with Gasteiger partial charge in [0.1, 0.15) is 12.4 Å². The summed E-state index contributed by atoms with van der Waals surface area (Å²) >= 11 is 0. The van der Waals surface area contributed by atoms with Crippen molar-refractivity contribution in [2.75, 3.05) is 5.32 Å². The first-order valence-corrected chi connectivity index (χ1v) is 9.35. The summed E-state index contributed by atoms with van der Waals surface area (Å²) in [6.07, 6.45) is -3.07. The Bertz CT molecular complexity index is 1360. The number of H-pyrrole nitrogens is 1. The zero-order valence-electron chi connectivity index (χ0n) is 16.5. The molecule has 3 heterocycles. The van der Waals surface area contributed by atoms with E-state index in [-0.39, 0.29) is 22.5 Å². The minimum Gasteiger partial charge on any atom is -0.343 e.